The van der Waals surface area contributed by atoms with Gasteiger partial charge in [0.2, 0.25) is 0 Å². The Kier molecular flexibility index (Phi) is 5.82. The number of aliphatic hydroxyl groups is 1. The molecule has 0 heterocycles. The predicted molar refractivity (Wildman–Crippen MR) is 70.4 cm³/mol. The van der Waals surface area contributed by atoms with E-state index in [0.717, 1.165) is 30.6 Å². The Morgan fingerprint density at radius 2 is 1.83 bits per heavy atom. The van der Waals surface area contributed by atoms with Gasteiger partial charge in [-0.3, -0.25) is 4.79 Å². The lowest BCUT2D eigenvalue weighted by Gasteiger charge is -2.17. The quantitative estimate of drug-likeness (QED) is 0.771. The molecule has 2 N–H and O–H groups in total. The summed E-state index contributed by atoms with van der Waals surface area (Å²) in [4.78, 5) is 12.7. The van der Waals surface area contributed by atoms with Crippen LogP contribution in [0.2, 0.25) is 0 Å². The standard InChI is InChI=1S/C14H21NO3/c1-11(16)7-8-15(2)10-13-5-3-12(4-6-13)9-14(17)18/h3-6,11,16H,7-10H2,1-2H3,(H,17,18). The first kappa shape index (κ1) is 14.7. The highest BCUT2D eigenvalue weighted by Crippen LogP contribution is 2.08. The monoisotopic (exact) mass is 251 g/mol. The van der Waals surface area contributed by atoms with E-state index >= 15 is 0 Å². The molecule has 1 atom stereocenters. The zero-order valence-electron chi connectivity index (χ0n) is 11.0. The number of carboxylic acids is 1. The van der Waals surface area contributed by atoms with Crippen molar-refractivity contribution < 1.29 is 15.0 Å². The maximum absolute atomic E-state index is 10.5. The summed E-state index contributed by atoms with van der Waals surface area (Å²) in [5, 5.41) is 17.9. The summed E-state index contributed by atoms with van der Waals surface area (Å²) in [5.74, 6) is -0.809. The van der Waals surface area contributed by atoms with Crippen molar-refractivity contribution in [2.45, 2.75) is 32.4 Å². The predicted octanol–water partition coefficient (Wildman–Crippen LogP) is 1.52. The molecule has 0 saturated heterocycles. The number of rotatable bonds is 7. The maximum atomic E-state index is 10.5. The number of benzene rings is 1. The van der Waals surface area contributed by atoms with Crippen molar-refractivity contribution in [3.05, 3.63) is 35.4 Å². The minimum Gasteiger partial charge on any atom is -0.481 e. The molecule has 0 aliphatic carbocycles. The van der Waals surface area contributed by atoms with E-state index in [9.17, 15) is 9.90 Å². The van der Waals surface area contributed by atoms with E-state index in [4.69, 9.17) is 5.11 Å². The molecule has 1 aromatic rings. The van der Waals surface area contributed by atoms with Gasteiger partial charge in [-0.05, 0) is 31.5 Å². The normalized spacial score (nSPS) is 12.7. The van der Waals surface area contributed by atoms with Crippen LogP contribution in [0.25, 0.3) is 0 Å². The Morgan fingerprint density at radius 3 is 2.33 bits per heavy atom. The van der Waals surface area contributed by atoms with Gasteiger partial charge in [0.15, 0.2) is 0 Å². The zero-order chi connectivity index (χ0) is 13.5. The van der Waals surface area contributed by atoms with Crippen LogP contribution in [0.15, 0.2) is 24.3 Å². The second kappa shape index (κ2) is 7.13. The number of carboxylic acid groups (broad SMARTS) is 1. The van der Waals surface area contributed by atoms with Crippen LogP contribution in [0.1, 0.15) is 24.5 Å². The van der Waals surface area contributed by atoms with E-state index in [1.54, 1.807) is 6.92 Å². The van der Waals surface area contributed by atoms with Gasteiger partial charge >= 0.3 is 5.97 Å². The van der Waals surface area contributed by atoms with Crippen molar-refractivity contribution in [2.24, 2.45) is 0 Å². The molecule has 0 amide bonds. The van der Waals surface area contributed by atoms with E-state index in [2.05, 4.69) is 4.90 Å². The largest absolute Gasteiger partial charge is 0.481 e. The van der Waals surface area contributed by atoms with Crippen LogP contribution in [-0.2, 0) is 17.8 Å². The van der Waals surface area contributed by atoms with Crippen molar-refractivity contribution in [1.82, 2.24) is 4.90 Å². The smallest absolute Gasteiger partial charge is 0.307 e. The molecule has 1 aromatic carbocycles. The lowest BCUT2D eigenvalue weighted by molar-refractivity contribution is -0.136. The molecular formula is C14H21NO3. The van der Waals surface area contributed by atoms with Crippen molar-refractivity contribution >= 4 is 5.97 Å². The first-order chi connectivity index (χ1) is 8.47. The minimum absolute atomic E-state index is 0.0676. The van der Waals surface area contributed by atoms with Crippen molar-refractivity contribution in [3.63, 3.8) is 0 Å². The van der Waals surface area contributed by atoms with Crippen LogP contribution in [0.5, 0.6) is 0 Å². The second-order valence-corrected chi connectivity index (χ2v) is 4.76. The third kappa shape index (κ3) is 5.80. The molecule has 0 aliphatic heterocycles. The van der Waals surface area contributed by atoms with Crippen LogP contribution in [-0.4, -0.2) is 40.8 Å². The number of hydrogen-bond acceptors (Lipinski definition) is 3. The molecule has 0 bridgehead atoms. The van der Waals surface area contributed by atoms with Gasteiger partial charge in [0, 0.05) is 13.1 Å². The third-order valence-electron chi connectivity index (χ3n) is 2.76. The number of aliphatic hydroxyl groups excluding tert-OH is 1. The number of nitrogens with zero attached hydrogens (tertiary/aromatic N) is 1. The zero-order valence-corrected chi connectivity index (χ0v) is 11.0. The summed E-state index contributed by atoms with van der Waals surface area (Å²) in [6.07, 6.45) is 0.552. The van der Waals surface area contributed by atoms with Crippen molar-refractivity contribution in [2.75, 3.05) is 13.6 Å². The van der Waals surface area contributed by atoms with Gasteiger partial charge in [-0.15, -0.1) is 0 Å². The van der Waals surface area contributed by atoms with Crippen LogP contribution in [0.4, 0.5) is 0 Å². The summed E-state index contributed by atoms with van der Waals surface area (Å²) in [7, 11) is 2.01. The Labute approximate surface area is 108 Å². The number of hydrogen-bond donors (Lipinski definition) is 2. The van der Waals surface area contributed by atoms with Crippen LogP contribution < -0.4 is 0 Å². The maximum Gasteiger partial charge on any atom is 0.307 e. The molecule has 18 heavy (non-hydrogen) atoms. The highest BCUT2D eigenvalue weighted by Gasteiger charge is 2.04. The molecule has 0 spiro atoms. The molecule has 0 radical (unpaired) electrons. The van der Waals surface area contributed by atoms with E-state index in [1.165, 1.54) is 0 Å². The van der Waals surface area contributed by atoms with Gasteiger partial charge in [0.1, 0.15) is 0 Å². The molecule has 4 heteroatoms. The van der Waals surface area contributed by atoms with E-state index < -0.39 is 5.97 Å². The van der Waals surface area contributed by atoms with Crippen LogP contribution >= 0.6 is 0 Å². The van der Waals surface area contributed by atoms with Gasteiger partial charge in [-0.2, -0.15) is 0 Å². The molecule has 0 fully saturated rings. The molecule has 0 aromatic heterocycles. The average molecular weight is 251 g/mol. The lowest BCUT2D eigenvalue weighted by Crippen LogP contribution is -2.22. The van der Waals surface area contributed by atoms with E-state index in [0.29, 0.717) is 0 Å². The fourth-order valence-corrected chi connectivity index (χ4v) is 1.74. The average Bonchev–Trinajstić information content (AvgIpc) is 2.28. The van der Waals surface area contributed by atoms with Crippen LogP contribution in [0, 0.1) is 0 Å². The Bertz CT molecular complexity index is 373. The number of aliphatic carboxylic acids is 1. The van der Waals surface area contributed by atoms with Crippen LogP contribution in [0.3, 0.4) is 0 Å². The molecule has 100 valence electrons. The first-order valence-corrected chi connectivity index (χ1v) is 6.13. The van der Waals surface area contributed by atoms with Gasteiger partial charge < -0.3 is 15.1 Å². The summed E-state index contributed by atoms with van der Waals surface area (Å²) < 4.78 is 0. The molecule has 1 rings (SSSR count). The highest BCUT2D eigenvalue weighted by atomic mass is 16.4. The summed E-state index contributed by atoms with van der Waals surface area (Å²) >= 11 is 0. The minimum atomic E-state index is -0.809. The Hall–Kier alpha value is -1.39. The van der Waals surface area contributed by atoms with Crippen molar-refractivity contribution in [1.29, 1.82) is 0 Å². The first-order valence-electron chi connectivity index (χ1n) is 6.13. The topological polar surface area (TPSA) is 60.8 Å². The molecular weight excluding hydrogens is 230 g/mol. The molecule has 0 aliphatic rings. The fraction of sp³-hybridized carbons (Fsp3) is 0.500. The Morgan fingerprint density at radius 1 is 1.28 bits per heavy atom. The Balaban J connectivity index is 2.45. The fourth-order valence-electron chi connectivity index (χ4n) is 1.74. The third-order valence-corrected chi connectivity index (χ3v) is 2.76. The lowest BCUT2D eigenvalue weighted by atomic mass is 10.1. The van der Waals surface area contributed by atoms with E-state index in [1.807, 2.05) is 31.3 Å². The van der Waals surface area contributed by atoms with Gasteiger partial charge in [0.25, 0.3) is 0 Å². The van der Waals surface area contributed by atoms with Gasteiger partial charge in [0.05, 0.1) is 12.5 Å². The molecule has 4 nitrogen and oxygen atoms in total. The molecule has 1 unspecified atom stereocenters. The summed E-state index contributed by atoms with van der Waals surface area (Å²) in [5.41, 5.74) is 1.97. The number of carbonyl (C=O) groups is 1. The van der Waals surface area contributed by atoms with Crippen molar-refractivity contribution in [3.8, 4) is 0 Å². The molecule has 0 saturated carbocycles. The SMILES string of the molecule is CC(O)CCN(C)Cc1ccc(CC(=O)O)cc1. The second-order valence-electron chi connectivity index (χ2n) is 4.76. The summed E-state index contributed by atoms with van der Waals surface area (Å²) in [6.45, 7) is 3.43. The summed E-state index contributed by atoms with van der Waals surface area (Å²) in [6, 6.07) is 7.62. The highest BCUT2D eigenvalue weighted by molar-refractivity contribution is 5.70. The van der Waals surface area contributed by atoms with E-state index in [-0.39, 0.29) is 12.5 Å². The van der Waals surface area contributed by atoms with Gasteiger partial charge in [-0.1, -0.05) is 24.3 Å². The van der Waals surface area contributed by atoms with Gasteiger partial charge in [-0.25, -0.2) is 0 Å².